The minimum absolute atomic E-state index is 0.127. The van der Waals surface area contributed by atoms with Gasteiger partial charge in [0, 0.05) is 16.8 Å². The van der Waals surface area contributed by atoms with E-state index in [0.717, 1.165) is 15.6 Å². The first-order chi connectivity index (χ1) is 10.6. The first kappa shape index (κ1) is 14.3. The molecule has 2 N–H and O–H groups in total. The van der Waals surface area contributed by atoms with Gasteiger partial charge in [0.1, 0.15) is 4.88 Å². The topological polar surface area (TPSA) is 66.4 Å². The fourth-order valence-corrected chi connectivity index (χ4v) is 3.13. The highest BCUT2D eigenvalue weighted by Crippen LogP contribution is 2.26. The van der Waals surface area contributed by atoms with Crippen LogP contribution in [0.2, 0.25) is 0 Å². The molecule has 110 valence electrons. The van der Waals surface area contributed by atoms with Gasteiger partial charge in [0.05, 0.1) is 0 Å². The Morgan fingerprint density at radius 3 is 2.55 bits per heavy atom. The number of hydrogen-bond donors (Lipinski definition) is 2. The molecule has 1 heterocycles. The molecule has 0 unspecified atom stereocenters. The minimum atomic E-state index is -0.917. The van der Waals surface area contributed by atoms with Gasteiger partial charge >= 0.3 is 5.97 Å². The maximum absolute atomic E-state index is 12.0. The van der Waals surface area contributed by atoms with E-state index >= 15 is 0 Å². The molecule has 1 aromatic heterocycles. The predicted octanol–water partition coefficient (Wildman–Crippen LogP) is 3.53. The number of carboxylic acid groups (broad SMARTS) is 1. The van der Waals surface area contributed by atoms with Crippen LogP contribution in [0.3, 0.4) is 0 Å². The summed E-state index contributed by atoms with van der Waals surface area (Å²) in [6.07, 6.45) is 0. The summed E-state index contributed by atoms with van der Waals surface area (Å²) in [6, 6.07) is 16.4. The van der Waals surface area contributed by atoms with E-state index in [1.165, 1.54) is 11.3 Å². The molecule has 3 aromatic rings. The summed E-state index contributed by atoms with van der Waals surface area (Å²) in [5, 5.41) is 12.8. The largest absolute Gasteiger partial charge is 0.477 e. The average molecular weight is 311 g/mol. The Balaban J connectivity index is 1.74. The molecular weight excluding hydrogens is 298 g/mol. The van der Waals surface area contributed by atoms with E-state index in [-0.39, 0.29) is 5.91 Å². The lowest BCUT2D eigenvalue weighted by molar-refractivity contribution is 0.0702. The molecule has 1 amide bonds. The van der Waals surface area contributed by atoms with Crippen LogP contribution in [0, 0.1) is 0 Å². The smallest absolute Gasteiger partial charge is 0.345 e. The minimum Gasteiger partial charge on any atom is -0.477 e. The standard InChI is InChI=1S/C17H13NO3S/c19-16(12-4-2-1-3-5-12)18-10-11-6-7-13-9-15(17(20)21)22-14(13)8-11/h1-9H,10H2,(H,18,19)(H,20,21). The van der Waals surface area contributed by atoms with Crippen LogP contribution in [0.5, 0.6) is 0 Å². The van der Waals surface area contributed by atoms with Crippen LogP contribution >= 0.6 is 11.3 Å². The van der Waals surface area contributed by atoms with Crippen LogP contribution in [0.25, 0.3) is 10.1 Å². The molecule has 0 fully saturated rings. The van der Waals surface area contributed by atoms with Gasteiger partial charge in [-0.2, -0.15) is 0 Å². The van der Waals surface area contributed by atoms with Crippen LogP contribution in [-0.4, -0.2) is 17.0 Å². The number of hydrogen-bond acceptors (Lipinski definition) is 3. The highest BCUT2D eigenvalue weighted by molar-refractivity contribution is 7.20. The van der Waals surface area contributed by atoms with Crippen LogP contribution in [-0.2, 0) is 6.54 Å². The third kappa shape index (κ3) is 2.99. The van der Waals surface area contributed by atoms with Crippen molar-refractivity contribution in [2.24, 2.45) is 0 Å². The molecule has 5 heteroatoms. The van der Waals surface area contributed by atoms with Gasteiger partial charge in [0.2, 0.25) is 0 Å². The number of fused-ring (bicyclic) bond motifs is 1. The number of aromatic carboxylic acids is 1. The second-order valence-corrected chi connectivity index (χ2v) is 5.92. The van der Waals surface area contributed by atoms with Crippen molar-refractivity contribution in [3.63, 3.8) is 0 Å². The summed E-state index contributed by atoms with van der Waals surface area (Å²) < 4.78 is 0.906. The third-order valence-corrected chi connectivity index (χ3v) is 4.37. The van der Waals surface area contributed by atoms with Crippen molar-refractivity contribution < 1.29 is 14.7 Å². The lowest BCUT2D eigenvalue weighted by Crippen LogP contribution is -2.22. The number of rotatable bonds is 4. The van der Waals surface area contributed by atoms with Gasteiger partial charge in [-0.15, -0.1) is 11.3 Å². The number of carboxylic acids is 1. The maximum Gasteiger partial charge on any atom is 0.345 e. The number of carbonyl (C=O) groups is 2. The molecule has 0 atom stereocenters. The predicted molar refractivity (Wildman–Crippen MR) is 86.4 cm³/mol. The van der Waals surface area contributed by atoms with E-state index in [1.807, 2.05) is 36.4 Å². The lowest BCUT2D eigenvalue weighted by atomic mass is 10.1. The van der Waals surface area contributed by atoms with Crippen LogP contribution in [0.1, 0.15) is 25.6 Å². The van der Waals surface area contributed by atoms with Gasteiger partial charge in [0.25, 0.3) is 5.91 Å². The molecule has 2 aromatic carbocycles. The Morgan fingerprint density at radius 2 is 1.82 bits per heavy atom. The van der Waals surface area contributed by atoms with Crippen LogP contribution in [0.15, 0.2) is 54.6 Å². The second kappa shape index (κ2) is 5.99. The highest BCUT2D eigenvalue weighted by Gasteiger charge is 2.09. The van der Waals surface area contributed by atoms with Crippen molar-refractivity contribution in [2.45, 2.75) is 6.54 Å². The van der Waals surface area contributed by atoms with Crippen molar-refractivity contribution in [1.82, 2.24) is 5.32 Å². The zero-order valence-electron chi connectivity index (χ0n) is 11.6. The molecule has 0 bridgehead atoms. The van der Waals surface area contributed by atoms with Crippen molar-refractivity contribution >= 4 is 33.3 Å². The first-order valence-electron chi connectivity index (χ1n) is 6.72. The van der Waals surface area contributed by atoms with Gasteiger partial charge in [-0.05, 0) is 35.2 Å². The Hall–Kier alpha value is -2.66. The monoisotopic (exact) mass is 311 g/mol. The quantitative estimate of drug-likeness (QED) is 0.774. The summed E-state index contributed by atoms with van der Waals surface area (Å²) in [5.74, 6) is -1.04. The molecule has 4 nitrogen and oxygen atoms in total. The first-order valence-corrected chi connectivity index (χ1v) is 7.54. The Morgan fingerprint density at radius 1 is 1.05 bits per heavy atom. The van der Waals surface area contributed by atoms with E-state index in [9.17, 15) is 9.59 Å². The normalized spacial score (nSPS) is 10.5. The molecule has 22 heavy (non-hydrogen) atoms. The second-order valence-electron chi connectivity index (χ2n) is 4.84. The van der Waals surface area contributed by atoms with Crippen LogP contribution in [0.4, 0.5) is 0 Å². The highest BCUT2D eigenvalue weighted by atomic mass is 32.1. The molecule has 0 aliphatic carbocycles. The summed E-state index contributed by atoms with van der Waals surface area (Å²) in [4.78, 5) is 23.3. The van der Waals surface area contributed by atoms with Gasteiger partial charge in [-0.3, -0.25) is 4.79 Å². The number of amides is 1. The van der Waals surface area contributed by atoms with E-state index < -0.39 is 5.97 Å². The van der Waals surface area contributed by atoms with Crippen molar-refractivity contribution in [3.05, 3.63) is 70.6 Å². The van der Waals surface area contributed by atoms with Gasteiger partial charge in [-0.1, -0.05) is 30.3 Å². The summed E-state index contributed by atoms with van der Waals surface area (Å²) in [6.45, 7) is 0.407. The van der Waals surface area contributed by atoms with Crippen molar-refractivity contribution in [2.75, 3.05) is 0 Å². The maximum atomic E-state index is 12.0. The van der Waals surface area contributed by atoms with Gasteiger partial charge in [-0.25, -0.2) is 4.79 Å². The number of carbonyl (C=O) groups excluding carboxylic acids is 1. The van der Waals surface area contributed by atoms with Crippen molar-refractivity contribution in [3.8, 4) is 0 Å². The molecule has 3 rings (SSSR count). The van der Waals surface area contributed by atoms with Gasteiger partial charge in [0.15, 0.2) is 0 Å². The van der Waals surface area contributed by atoms with E-state index in [1.54, 1.807) is 18.2 Å². The Labute approximate surface area is 131 Å². The molecule has 0 aliphatic heterocycles. The summed E-state index contributed by atoms with van der Waals surface area (Å²) >= 11 is 1.24. The third-order valence-electron chi connectivity index (χ3n) is 3.28. The van der Waals surface area contributed by atoms with E-state index in [0.29, 0.717) is 17.0 Å². The fourth-order valence-electron chi connectivity index (χ4n) is 2.16. The number of nitrogens with one attached hydrogen (secondary N) is 1. The average Bonchev–Trinajstić information content (AvgIpc) is 2.97. The zero-order chi connectivity index (χ0) is 15.5. The van der Waals surface area contributed by atoms with Crippen molar-refractivity contribution in [1.29, 1.82) is 0 Å². The molecular formula is C17H13NO3S. The summed E-state index contributed by atoms with van der Waals surface area (Å²) in [7, 11) is 0. The van der Waals surface area contributed by atoms with Crippen LogP contribution < -0.4 is 5.32 Å². The number of benzene rings is 2. The Bertz CT molecular complexity index is 839. The van der Waals surface area contributed by atoms with Gasteiger partial charge < -0.3 is 10.4 Å². The SMILES string of the molecule is O=C(NCc1ccc2cc(C(=O)O)sc2c1)c1ccccc1. The molecule has 0 saturated carbocycles. The molecule has 0 saturated heterocycles. The van der Waals surface area contributed by atoms with E-state index in [4.69, 9.17) is 5.11 Å². The summed E-state index contributed by atoms with van der Waals surface area (Å²) in [5.41, 5.74) is 1.56. The number of thiophene rings is 1. The fraction of sp³-hybridized carbons (Fsp3) is 0.0588. The molecule has 0 aliphatic rings. The lowest BCUT2D eigenvalue weighted by Gasteiger charge is -2.05. The molecule has 0 radical (unpaired) electrons. The van der Waals surface area contributed by atoms with E-state index in [2.05, 4.69) is 5.32 Å². The molecule has 0 spiro atoms. The zero-order valence-corrected chi connectivity index (χ0v) is 12.4. The Kier molecular flexibility index (Phi) is 3.89.